The molecule has 0 bridgehead atoms. The molecule has 146 valence electrons. The van der Waals surface area contributed by atoms with Crippen molar-refractivity contribution in [1.82, 2.24) is 4.72 Å². The fourth-order valence-corrected chi connectivity index (χ4v) is 4.47. The first kappa shape index (κ1) is 21.6. The van der Waals surface area contributed by atoms with E-state index in [4.69, 9.17) is 16.3 Å². The average molecular weight is 429 g/mol. The van der Waals surface area contributed by atoms with Crippen LogP contribution in [0.4, 0.5) is 5.69 Å². The molecule has 0 aromatic heterocycles. The molecule has 27 heavy (non-hydrogen) atoms. The van der Waals surface area contributed by atoms with Crippen molar-refractivity contribution >= 4 is 45.0 Å². The van der Waals surface area contributed by atoms with E-state index < -0.39 is 22.0 Å². The van der Waals surface area contributed by atoms with E-state index >= 15 is 0 Å². The summed E-state index contributed by atoms with van der Waals surface area (Å²) >= 11 is 7.42. The maximum absolute atomic E-state index is 12.7. The Bertz CT molecular complexity index is 919. The monoisotopic (exact) mass is 428 g/mol. The molecule has 9 heteroatoms. The zero-order chi connectivity index (χ0) is 20.0. The Morgan fingerprint density at radius 3 is 2.63 bits per heavy atom. The van der Waals surface area contributed by atoms with Crippen molar-refractivity contribution in [3.8, 4) is 5.75 Å². The number of thioether (sulfide) groups is 1. The number of carbonyl (C=O) groups excluding carboxylic acids is 1. The van der Waals surface area contributed by atoms with Crippen LogP contribution in [0.5, 0.6) is 5.75 Å². The summed E-state index contributed by atoms with van der Waals surface area (Å²) < 4.78 is 33.2. The molecule has 0 saturated carbocycles. The molecule has 0 saturated heterocycles. The number of hydrogen-bond donors (Lipinski definition) is 2. The third-order valence-electron chi connectivity index (χ3n) is 3.59. The van der Waals surface area contributed by atoms with Gasteiger partial charge in [-0.05, 0) is 50.4 Å². The number of sulfonamides is 1. The Morgan fingerprint density at radius 2 is 1.96 bits per heavy atom. The highest BCUT2D eigenvalue weighted by molar-refractivity contribution is 7.98. The SMILES string of the molecule is CCOc1ccc(Cl)cc1S(=O)(=O)NC(C)C(=O)Nc1ccccc1SC. The van der Waals surface area contributed by atoms with Gasteiger partial charge in [-0.3, -0.25) is 4.79 Å². The van der Waals surface area contributed by atoms with Gasteiger partial charge in [-0.25, -0.2) is 8.42 Å². The van der Waals surface area contributed by atoms with Gasteiger partial charge in [-0.15, -0.1) is 11.8 Å². The Balaban J connectivity index is 2.20. The molecule has 2 N–H and O–H groups in total. The number of anilines is 1. The summed E-state index contributed by atoms with van der Waals surface area (Å²) in [6.45, 7) is 3.52. The highest BCUT2D eigenvalue weighted by atomic mass is 35.5. The van der Waals surface area contributed by atoms with Gasteiger partial charge in [-0.2, -0.15) is 4.72 Å². The molecule has 0 fully saturated rings. The van der Waals surface area contributed by atoms with Crippen LogP contribution in [0.2, 0.25) is 5.02 Å². The quantitative estimate of drug-likeness (QED) is 0.625. The lowest BCUT2D eigenvalue weighted by Crippen LogP contribution is -2.41. The van der Waals surface area contributed by atoms with Crippen molar-refractivity contribution < 1.29 is 17.9 Å². The zero-order valence-electron chi connectivity index (χ0n) is 15.2. The summed E-state index contributed by atoms with van der Waals surface area (Å²) in [5.74, 6) is -0.296. The number of benzene rings is 2. The van der Waals surface area contributed by atoms with E-state index in [9.17, 15) is 13.2 Å². The Kier molecular flexibility index (Phi) is 7.55. The highest BCUT2D eigenvalue weighted by Gasteiger charge is 2.26. The largest absolute Gasteiger partial charge is 0.492 e. The molecule has 6 nitrogen and oxygen atoms in total. The molecule has 0 aliphatic carbocycles. The van der Waals surface area contributed by atoms with Crippen LogP contribution in [0.15, 0.2) is 52.3 Å². The summed E-state index contributed by atoms with van der Waals surface area (Å²) in [4.78, 5) is 13.2. The van der Waals surface area contributed by atoms with E-state index in [0.717, 1.165) is 4.90 Å². The predicted molar refractivity (Wildman–Crippen MR) is 109 cm³/mol. The van der Waals surface area contributed by atoms with Gasteiger partial charge in [0.25, 0.3) is 0 Å². The molecule has 0 spiro atoms. The lowest BCUT2D eigenvalue weighted by Gasteiger charge is -2.17. The maximum Gasteiger partial charge on any atom is 0.245 e. The third-order valence-corrected chi connectivity index (χ3v) is 6.18. The minimum absolute atomic E-state index is 0.110. The number of para-hydroxylation sites is 1. The summed E-state index contributed by atoms with van der Waals surface area (Å²) in [6, 6.07) is 10.6. The molecule has 1 unspecified atom stereocenters. The van der Waals surface area contributed by atoms with E-state index in [1.165, 1.54) is 30.8 Å². The van der Waals surface area contributed by atoms with E-state index in [1.807, 2.05) is 18.4 Å². The van der Waals surface area contributed by atoms with E-state index in [2.05, 4.69) is 10.0 Å². The van der Waals surface area contributed by atoms with Gasteiger partial charge in [0, 0.05) is 9.92 Å². The molecule has 1 amide bonds. The minimum atomic E-state index is -4.01. The van der Waals surface area contributed by atoms with Crippen LogP contribution >= 0.6 is 23.4 Å². The summed E-state index contributed by atoms with van der Waals surface area (Å²) in [5, 5.41) is 3.00. The first-order valence-corrected chi connectivity index (χ1v) is 11.3. The number of carbonyl (C=O) groups is 1. The molecule has 2 rings (SSSR count). The Morgan fingerprint density at radius 1 is 1.26 bits per heavy atom. The van der Waals surface area contributed by atoms with Crippen molar-refractivity contribution in [1.29, 1.82) is 0 Å². The lowest BCUT2D eigenvalue weighted by atomic mass is 10.3. The normalized spacial score (nSPS) is 12.4. The second kappa shape index (κ2) is 9.45. The first-order valence-electron chi connectivity index (χ1n) is 8.17. The molecule has 2 aromatic rings. The van der Waals surface area contributed by atoms with E-state index in [-0.39, 0.29) is 15.7 Å². The molecule has 0 aliphatic heterocycles. The number of nitrogens with one attached hydrogen (secondary N) is 2. The van der Waals surface area contributed by atoms with Crippen LogP contribution in [0.25, 0.3) is 0 Å². The molecular formula is C18H21ClN2O4S2. The van der Waals surface area contributed by atoms with Crippen molar-refractivity contribution in [3.05, 3.63) is 47.5 Å². The Hall–Kier alpha value is -1.74. The topological polar surface area (TPSA) is 84.5 Å². The highest BCUT2D eigenvalue weighted by Crippen LogP contribution is 2.28. The molecular weight excluding hydrogens is 408 g/mol. The van der Waals surface area contributed by atoms with Gasteiger partial charge in [0.15, 0.2) is 0 Å². The number of amides is 1. The van der Waals surface area contributed by atoms with Crippen LogP contribution in [0, 0.1) is 0 Å². The van der Waals surface area contributed by atoms with Gasteiger partial charge >= 0.3 is 0 Å². The molecule has 0 radical (unpaired) electrons. The average Bonchev–Trinajstić information content (AvgIpc) is 2.63. The van der Waals surface area contributed by atoms with Crippen LogP contribution in [-0.2, 0) is 14.8 Å². The van der Waals surface area contributed by atoms with Crippen molar-refractivity contribution in [2.75, 3.05) is 18.2 Å². The lowest BCUT2D eigenvalue weighted by molar-refractivity contribution is -0.117. The molecule has 0 aliphatic rings. The summed E-state index contributed by atoms with van der Waals surface area (Å²) in [6.07, 6.45) is 1.89. The smallest absolute Gasteiger partial charge is 0.245 e. The first-order chi connectivity index (χ1) is 12.8. The van der Waals surface area contributed by atoms with Crippen LogP contribution < -0.4 is 14.8 Å². The van der Waals surface area contributed by atoms with E-state index in [1.54, 1.807) is 25.1 Å². The van der Waals surface area contributed by atoms with Gasteiger partial charge < -0.3 is 10.1 Å². The minimum Gasteiger partial charge on any atom is -0.492 e. The number of ether oxygens (including phenoxy) is 1. The van der Waals surface area contributed by atoms with E-state index in [0.29, 0.717) is 12.3 Å². The number of hydrogen-bond acceptors (Lipinski definition) is 5. The third kappa shape index (κ3) is 5.62. The second-order valence-electron chi connectivity index (χ2n) is 5.56. The molecule has 0 heterocycles. The van der Waals surface area contributed by atoms with Crippen molar-refractivity contribution in [3.63, 3.8) is 0 Å². The summed E-state index contributed by atoms with van der Waals surface area (Å²) in [7, 11) is -4.01. The van der Waals surface area contributed by atoms with Gasteiger partial charge in [-0.1, -0.05) is 23.7 Å². The van der Waals surface area contributed by atoms with Crippen molar-refractivity contribution in [2.24, 2.45) is 0 Å². The zero-order valence-corrected chi connectivity index (χ0v) is 17.5. The number of rotatable bonds is 8. The van der Waals surface area contributed by atoms with Crippen molar-refractivity contribution in [2.45, 2.75) is 29.7 Å². The van der Waals surface area contributed by atoms with Crippen LogP contribution in [0.1, 0.15) is 13.8 Å². The van der Waals surface area contributed by atoms with Crippen LogP contribution in [-0.4, -0.2) is 33.2 Å². The van der Waals surface area contributed by atoms with Gasteiger partial charge in [0.1, 0.15) is 10.6 Å². The number of halogens is 1. The molecule has 1 atom stereocenters. The summed E-state index contributed by atoms with van der Waals surface area (Å²) in [5.41, 5.74) is 0.624. The standard InChI is InChI=1S/C18H21ClN2O4S2/c1-4-25-15-10-9-13(19)11-17(15)27(23,24)21-12(2)18(22)20-14-7-5-6-8-16(14)26-3/h5-12,21H,4H2,1-3H3,(H,20,22). The maximum atomic E-state index is 12.7. The molecule has 2 aromatic carbocycles. The second-order valence-corrected chi connectivity index (χ2v) is 8.52. The fourth-order valence-electron chi connectivity index (χ4n) is 2.31. The van der Waals surface area contributed by atoms with Gasteiger partial charge in [0.2, 0.25) is 15.9 Å². The Labute approximate surface area is 168 Å². The fraction of sp³-hybridized carbons (Fsp3) is 0.278. The van der Waals surface area contributed by atoms with Gasteiger partial charge in [0.05, 0.1) is 18.3 Å². The predicted octanol–water partition coefficient (Wildman–Crippen LogP) is 3.77. The van der Waals surface area contributed by atoms with Crippen LogP contribution in [0.3, 0.4) is 0 Å².